The molecule has 0 spiro atoms. The maximum absolute atomic E-state index is 13.2. The van der Waals surface area contributed by atoms with E-state index in [1.54, 1.807) is 12.4 Å². The van der Waals surface area contributed by atoms with E-state index in [-0.39, 0.29) is 11.9 Å². The zero-order valence-corrected chi connectivity index (χ0v) is 13.8. The molecule has 108 valence electrons. The number of benzene rings is 1. The number of aromatic nitrogens is 3. The van der Waals surface area contributed by atoms with Gasteiger partial charge in [0.05, 0.1) is 0 Å². The highest BCUT2D eigenvalue weighted by Gasteiger charge is 2.17. The Morgan fingerprint density at radius 3 is 2.85 bits per heavy atom. The van der Waals surface area contributed by atoms with Crippen LogP contribution in [0.15, 0.2) is 24.5 Å². The second-order valence-corrected chi connectivity index (χ2v) is 5.63. The molecule has 0 aliphatic rings. The minimum Gasteiger partial charge on any atom is -0.310 e. The topological polar surface area (TPSA) is 42.7 Å². The van der Waals surface area contributed by atoms with Crippen LogP contribution in [-0.2, 0) is 13.0 Å². The van der Waals surface area contributed by atoms with Crippen molar-refractivity contribution in [3.63, 3.8) is 0 Å². The van der Waals surface area contributed by atoms with Gasteiger partial charge in [0.2, 0.25) is 0 Å². The Morgan fingerprint density at radius 1 is 1.40 bits per heavy atom. The summed E-state index contributed by atoms with van der Waals surface area (Å²) in [7, 11) is 0. The van der Waals surface area contributed by atoms with Gasteiger partial charge in [0.15, 0.2) is 0 Å². The van der Waals surface area contributed by atoms with Gasteiger partial charge in [-0.05, 0) is 53.8 Å². The van der Waals surface area contributed by atoms with Gasteiger partial charge in [-0.2, -0.15) is 5.10 Å². The smallest absolute Gasteiger partial charge is 0.138 e. The van der Waals surface area contributed by atoms with Crippen molar-refractivity contribution < 1.29 is 4.39 Å². The van der Waals surface area contributed by atoms with Gasteiger partial charge in [-0.1, -0.05) is 13.0 Å². The molecule has 1 aromatic heterocycles. The van der Waals surface area contributed by atoms with Gasteiger partial charge < -0.3 is 5.32 Å². The van der Waals surface area contributed by atoms with Crippen LogP contribution in [0.1, 0.15) is 31.3 Å². The largest absolute Gasteiger partial charge is 0.310 e. The van der Waals surface area contributed by atoms with E-state index in [9.17, 15) is 4.39 Å². The van der Waals surface area contributed by atoms with E-state index < -0.39 is 0 Å². The number of rotatable bonds is 6. The molecular weight excluding hydrogens is 370 g/mol. The lowest BCUT2D eigenvalue weighted by Gasteiger charge is -2.19. The molecule has 6 heteroatoms. The molecule has 0 saturated heterocycles. The molecule has 20 heavy (non-hydrogen) atoms. The van der Waals surface area contributed by atoms with E-state index in [1.807, 2.05) is 17.7 Å². The molecule has 1 N–H and O–H groups in total. The first kappa shape index (κ1) is 15.4. The summed E-state index contributed by atoms with van der Waals surface area (Å²) in [6, 6.07) is 5.02. The van der Waals surface area contributed by atoms with Crippen molar-refractivity contribution in [2.75, 3.05) is 6.54 Å². The number of aryl methyl sites for hydroxylation is 1. The van der Waals surface area contributed by atoms with Gasteiger partial charge in [-0.15, -0.1) is 0 Å². The Balaban J connectivity index is 2.27. The van der Waals surface area contributed by atoms with Crippen LogP contribution in [0.2, 0.25) is 0 Å². The van der Waals surface area contributed by atoms with Crippen molar-refractivity contribution in [1.82, 2.24) is 20.1 Å². The molecule has 1 heterocycles. The lowest BCUT2D eigenvalue weighted by Crippen LogP contribution is -2.25. The number of hydrogen-bond acceptors (Lipinski definition) is 3. The molecule has 1 unspecified atom stereocenters. The fourth-order valence-electron chi connectivity index (χ4n) is 2.22. The van der Waals surface area contributed by atoms with Gasteiger partial charge in [-0.25, -0.2) is 9.37 Å². The summed E-state index contributed by atoms with van der Waals surface area (Å²) in [5, 5.41) is 7.63. The maximum atomic E-state index is 13.2. The van der Waals surface area contributed by atoms with Gasteiger partial charge in [-0.3, -0.25) is 4.68 Å². The van der Waals surface area contributed by atoms with Crippen LogP contribution in [0.25, 0.3) is 0 Å². The second-order valence-electron chi connectivity index (χ2n) is 4.47. The lowest BCUT2D eigenvalue weighted by molar-refractivity contribution is 0.507. The Hall–Kier alpha value is -1.02. The van der Waals surface area contributed by atoms with Gasteiger partial charge in [0.25, 0.3) is 0 Å². The van der Waals surface area contributed by atoms with Crippen LogP contribution in [0, 0.1) is 9.39 Å². The van der Waals surface area contributed by atoms with Crippen LogP contribution in [0.4, 0.5) is 4.39 Å². The molecule has 0 bridgehead atoms. The highest BCUT2D eigenvalue weighted by molar-refractivity contribution is 14.1. The highest BCUT2D eigenvalue weighted by atomic mass is 127. The van der Waals surface area contributed by atoms with Crippen molar-refractivity contribution in [3.05, 3.63) is 45.3 Å². The zero-order valence-electron chi connectivity index (χ0n) is 11.6. The quantitative estimate of drug-likeness (QED) is 0.774. The van der Waals surface area contributed by atoms with Gasteiger partial charge in [0, 0.05) is 22.6 Å². The van der Waals surface area contributed by atoms with Crippen molar-refractivity contribution in [3.8, 4) is 0 Å². The third-order valence-corrected chi connectivity index (χ3v) is 4.10. The van der Waals surface area contributed by atoms with Crippen molar-refractivity contribution >= 4 is 22.6 Å². The van der Waals surface area contributed by atoms with Crippen molar-refractivity contribution in [2.45, 2.75) is 32.9 Å². The fourth-order valence-corrected chi connectivity index (χ4v) is 3.07. The molecule has 2 aromatic rings. The molecule has 1 atom stereocenters. The molecule has 0 aliphatic carbocycles. The number of nitrogens with one attached hydrogen (secondary N) is 1. The summed E-state index contributed by atoms with van der Waals surface area (Å²) >= 11 is 2.18. The van der Waals surface area contributed by atoms with Crippen LogP contribution in [0.3, 0.4) is 0 Å². The average Bonchev–Trinajstić information content (AvgIpc) is 2.85. The van der Waals surface area contributed by atoms with E-state index in [4.69, 9.17) is 0 Å². The van der Waals surface area contributed by atoms with Gasteiger partial charge in [0.1, 0.15) is 18.0 Å². The highest BCUT2D eigenvalue weighted by Crippen LogP contribution is 2.23. The summed E-state index contributed by atoms with van der Waals surface area (Å²) in [4.78, 5) is 4.32. The van der Waals surface area contributed by atoms with Gasteiger partial charge >= 0.3 is 0 Å². The summed E-state index contributed by atoms with van der Waals surface area (Å²) in [6.45, 7) is 5.75. The molecule has 0 fully saturated rings. The predicted molar refractivity (Wildman–Crippen MR) is 84.9 cm³/mol. The average molecular weight is 388 g/mol. The molecule has 0 saturated carbocycles. The van der Waals surface area contributed by atoms with E-state index in [0.29, 0.717) is 0 Å². The number of likely N-dealkylation sites (N-methyl/N-ethyl adjacent to an activating group) is 1. The summed E-state index contributed by atoms with van der Waals surface area (Å²) < 4.78 is 16.1. The third-order valence-electron chi connectivity index (χ3n) is 3.17. The summed E-state index contributed by atoms with van der Waals surface area (Å²) in [5.74, 6) is 0.740. The summed E-state index contributed by atoms with van der Waals surface area (Å²) in [6.07, 6.45) is 2.32. The molecule has 0 aliphatic heterocycles. The zero-order chi connectivity index (χ0) is 14.5. The number of halogens is 2. The van der Waals surface area contributed by atoms with Crippen molar-refractivity contribution in [1.29, 1.82) is 0 Å². The number of hydrogen-bond donors (Lipinski definition) is 1. The van der Waals surface area contributed by atoms with Crippen LogP contribution in [-0.4, -0.2) is 21.3 Å². The third kappa shape index (κ3) is 3.54. The SMILES string of the molecule is CCNC(Cc1ncnn1CC)c1ccc(F)cc1I. The second kappa shape index (κ2) is 7.12. The predicted octanol–water partition coefficient (Wildman–Crippen LogP) is 2.94. The molecule has 4 nitrogen and oxygen atoms in total. The summed E-state index contributed by atoms with van der Waals surface area (Å²) in [5.41, 5.74) is 1.10. The normalized spacial score (nSPS) is 12.6. The molecule has 0 radical (unpaired) electrons. The fraction of sp³-hybridized carbons (Fsp3) is 0.429. The minimum atomic E-state index is -0.204. The molecule has 2 rings (SSSR count). The van der Waals surface area contributed by atoms with E-state index in [1.165, 1.54) is 6.07 Å². The molecule has 1 aromatic carbocycles. The Bertz CT molecular complexity index is 570. The van der Waals surface area contributed by atoms with Crippen LogP contribution in [0.5, 0.6) is 0 Å². The first-order valence-electron chi connectivity index (χ1n) is 6.70. The van der Waals surface area contributed by atoms with E-state index in [2.05, 4.69) is 44.9 Å². The Morgan fingerprint density at radius 2 is 2.20 bits per heavy atom. The first-order chi connectivity index (χ1) is 9.65. The van der Waals surface area contributed by atoms with E-state index >= 15 is 0 Å². The molecule has 0 amide bonds. The lowest BCUT2D eigenvalue weighted by atomic mass is 10.0. The standard InChI is InChI=1S/C14H18FIN4/c1-3-17-13(8-14-18-9-19-20(14)4-2)11-6-5-10(15)7-12(11)16/h5-7,9,13,17H,3-4,8H2,1-2H3. The van der Waals surface area contributed by atoms with Crippen LogP contribution >= 0.6 is 22.6 Å². The Kier molecular flexibility index (Phi) is 5.47. The Labute approximate surface area is 131 Å². The van der Waals surface area contributed by atoms with E-state index in [0.717, 1.165) is 34.5 Å². The maximum Gasteiger partial charge on any atom is 0.138 e. The number of nitrogens with zero attached hydrogens (tertiary/aromatic N) is 3. The first-order valence-corrected chi connectivity index (χ1v) is 7.78. The monoisotopic (exact) mass is 388 g/mol. The van der Waals surface area contributed by atoms with Crippen LogP contribution < -0.4 is 5.32 Å². The molecular formula is C14H18FIN4. The minimum absolute atomic E-state index is 0.113. The van der Waals surface area contributed by atoms with Crippen molar-refractivity contribution in [2.24, 2.45) is 0 Å².